The molecule has 0 aliphatic carbocycles. The summed E-state index contributed by atoms with van der Waals surface area (Å²) in [5.74, 6) is 1.82. The minimum absolute atomic E-state index is 0.127. The molecule has 1 aromatic carbocycles. The SMILES string of the molecule is CNCCc1cc(OC)c(SCCC(F)F)cc1OC. The quantitative estimate of drug-likeness (QED) is 0.710. The van der Waals surface area contributed by atoms with E-state index in [1.807, 2.05) is 19.2 Å². The lowest BCUT2D eigenvalue weighted by Crippen LogP contribution is -2.11. The summed E-state index contributed by atoms with van der Waals surface area (Å²) in [6.07, 6.45) is -1.58. The smallest absolute Gasteiger partial charge is 0.239 e. The molecule has 3 nitrogen and oxygen atoms in total. The van der Waals surface area contributed by atoms with E-state index in [-0.39, 0.29) is 6.42 Å². The van der Waals surface area contributed by atoms with Gasteiger partial charge in [0.1, 0.15) is 11.5 Å². The average Bonchev–Trinajstić information content (AvgIpc) is 2.44. The van der Waals surface area contributed by atoms with Gasteiger partial charge < -0.3 is 14.8 Å². The van der Waals surface area contributed by atoms with Gasteiger partial charge in [-0.2, -0.15) is 0 Å². The maximum absolute atomic E-state index is 12.2. The van der Waals surface area contributed by atoms with Crippen LogP contribution in [0.15, 0.2) is 17.0 Å². The molecule has 0 heterocycles. The Bertz CT molecular complexity index is 416. The highest BCUT2D eigenvalue weighted by atomic mass is 32.2. The Morgan fingerprint density at radius 3 is 2.45 bits per heavy atom. The molecule has 6 heteroatoms. The van der Waals surface area contributed by atoms with Crippen LogP contribution < -0.4 is 14.8 Å². The van der Waals surface area contributed by atoms with Gasteiger partial charge in [0.2, 0.25) is 6.43 Å². The van der Waals surface area contributed by atoms with E-state index in [1.165, 1.54) is 11.8 Å². The fraction of sp³-hybridized carbons (Fsp3) is 0.571. The van der Waals surface area contributed by atoms with Gasteiger partial charge >= 0.3 is 0 Å². The molecule has 0 radical (unpaired) electrons. The van der Waals surface area contributed by atoms with Gasteiger partial charge in [-0.05, 0) is 37.7 Å². The van der Waals surface area contributed by atoms with E-state index in [9.17, 15) is 8.78 Å². The van der Waals surface area contributed by atoms with E-state index < -0.39 is 6.43 Å². The summed E-state index contributed by atoms with van der Waals surface area (Å²) in [5, 5.41) is 3.08. The summed E-state index contributed by atoms with van der Waals surface area (Å²) in [6.45, 7) is 0.831. The van der Waals surface area contributed by atoms with Crippen LogP contribution in [0.2, 0.25) is 0 Å². The van der Waals surface area contributed by atoms with E-state index in [0.29, 0.717) is 11.5 Å². The summed E-state index contributed by atoms with van der Waals surface area (Å²) in [7, 11) is 5.08. The third kappa shape index (κ3) is 5.17. The summed E-state index contributed by atoms with van der Waals surface area (Å²) < 4.78 is 35.1. The molecule has 0 atom stereocenters. The molecular weight excluding hydrogens is 284 g/mol. The summed E-state index contributed by atoms with van der Waals surface area (Å²) in [5.41, 5.74) is 1.04. The third-order valence-electron chi connectivity index (χ3n) is 2.80. The highest BCUT2D eigenvalue weighted by Crippen LogP contribution is 2.36. The van der Waals surface area contributed by atoms with Crippen molar-refractivity contribution in [3.05, 3.63) is 17.7 Å². The van der Waals surface area contributed by atoms with Crippen LogP contribution in [0.3, 0.4) is 0 Å². The number of halogens is 2. The monoisotopic (exact) mass is 305 g/mol. The number of hydrogen-bond donors (Lipinski definition) is 1. The van der Waals surface area contributed by atoms with Crippen molar-refractivity contribution in [1.82, 2.24) is 5.32 Å². The molecule has 20 heavy (non-hydrogen) atoms. The minimum Gasteiger partial charge on any atom is -0.496 e. The van der Waals surface area contributed by atoms with E-state index in [0.717, 1.165) is 29.2 Å². The van der Waals surface area contributed by atoms with E-state index >= 15 is 0 Å². The third-order valence-corrected chi connectivity index (χ3v) is 3.87. The topological polar surface area (TPSA) is 30.5 Å². The number of hydrogen-bond acceptors (Lipinski definition) is 4. The number of ether oxygens (including phenoxy) is 2. The second-order valence-electron chi connectivity index (χ2n) is 4.20. The van der Waals surface area contributed by atoms with Crippen LogP contribution in [-0.2, 0) is 6.42 Å². The van der Waals surface area contributed by atoms with Crippen molar-refractivity contribution in [2.24, 2.45) is 0 Å². The van der Waals surface area contributed by atoms with Gasteiger partial charge in [-0.25, -0.2) is 8.78 Å². The number of rotatable bonds is 9. The number of nitrogens with one attached hydrogen (secondary N) is 1. The van der Waals surface area contributed by atoms with Gasteiger partial charge in [-0.3, -0.25) is 0 Å². The van der Waals surface area contributed by atoms with Crippen molar-refractivity contribution in [2.45, 2.75) is 24.2 Å². The molecule has 0 aromatic heterocycles. The molecular formula is C14H21F2NO2S. The van der Waals surface area contributed by atoms with Crippen molar-refractivity contribution in [3.63, 3.8) is 0 Å². The Morgan fingerprint density at radius 2 is 1.90 bits per heavy atom. The van der Waals surface area contributed by atoms with Crippen LogP contribution in [0, 0.1) is 0 Å². The number of thioether (sulfide) groups is 1. The van der Waals surface area contributed by atoms with E-state index in [1.54, 1.807) is 14.2 Å². The Labute approximate surface area is 123 Å². The number of alkyl halides is 2. The zero-order chi connectivity index (χ0) is 15.0. The zero-order valence-corrected chi connectivity index (χ0v) is 12.9. The maximum Gasteiger partial charge on any atom is 0.239 e. The molecule has 0 saturated heterocycles. The Morgan fingerprint density at radius 1 is 1.20 bits per heavy atom. The maximum atomic E-state index is 12.2. The number of benzene rings is 1. The first-order valence-corrected chi connectivity index (χ1v) is 7.41. The Kier molecular flexibility index (Phi) is 7.69. The molecule has 0 fully saturated rings. The van der Waals surface area contributed by atoms with Gasteiger partial charge in [0, 0.05) is 12.2 Å². The van der Waals surface area contributed by atoms with Crippen LogP contribution >= 0.6 is 11.8 Å². The van der Waals surface area contributed by atoms with Crippen molar-refractivity contribution < 1.29 is 18.3 Å². The van der Waals surface area contributed by atoms with Crippen molar-refractivity contribution in [3.8, 4) is 11.5 Å². The lowest BCUT2D eigenvalue weighted by molar-refractivity contribution is 0.145. The van der Waals surface area contributed by atoms with Crippen molar-refractivity contribution in [1.29, 1.82) is 0 Å². The van der Waals surface area contributed by atoms with Crippen molar-refractivity contribution >= 4 is 11.8 Å². The first-order chi connectivity index (χ1) is 9.62. The number of likely N-dealkylation sites (N-methyl/N-ethyl adjacent to an activating group) is 1. The largest absolute Gasteiger partial charge is 0.496 e. The standard InChI is InChI=1S/C14H21F2NO2S/c1-17-6-4-10-8-12(19-3)13(9-11(10)18-2)20-7-5-14(15)16/h8-9,14,17H,4-7H2,1-3H3. The minimum atomic E-state index is -2.27. The molecule has 0 bridgehead atoms. The van der Waals surface area contributed by atoms with Crippen LogP contribution in [0.1, 0.15) is 12.0 Å². The van der Waals surface area contributed by atoms with E-state index in [2.05, 4.69) is 5.32 Å². The fourth-order valence-corrected chi connectivity index (χ4v) is 2.75. The first-order valence-electron chi connectivity index (χ1n) is 6.42. The molecule has 114 valence electrons. The first kappa shape index (κ1) is 17.0. The predicted molar refractivity (Wildman–Crippen MR) is 78.5 cm³/mol. The summed E-state index contributed by atoms with van der Waals surface area (Å²) in [6, 6.07) is 3.78. The summed E-state index contributed by atoms with van der Waals surface area (Å²) in [4.78, 5) is 0.832. The molecule has 0 spiro atoms. The molecule has 1 rings (SSSR count). The molecule has 0 amide bonds. The van der Waals surface area contributed by atoms with E-state index in [4.69, 9.17) is 9.47 Å². The van der Waals surface area contributed by atoms with Crippen LogP contribution in [-0.4, -0.2) is 40.0 Å². The molecule has 0 aliphatic heterocycles. The molecule has 1 aromatic rings. The van der Waals surface area contributed by atoms with Gasteiger partial charge in [-0.1, -0.05) is 0 Å². The molecule has 0 unspecified atom stereocenters. The van der Waals surface area contributed by atoms with Gasteiger partial charge in [0.15, 0.2) is 0 Å². The molecule has 0 saturated carbocycles. The van der Waals surface area contributed by atoms with Crippen LogP contribution in [0.5, 0.6) is 11.5 Å². The Balaban J connectivity index is 2.87. The summed E-state index contributed by atoms with van der Waals surface area (Å²) >= 11 is 1.36. The van der Waals surface area contributed by atoms with Gasteiger partial charge in [0.25, 0.3) is 0 Å². The Hall–Kier alpha value is -1.01. The second kappa shape index (κ2) is 9.02. The van der Waals surface area contributed by atoms with Crippen LogP contribution in [0.4, 0.5) is 8.78 Å². The highest BCUT2D eigenvalue weighted by Gasteiger charge is 2.12. The average molecular weight is 305 g/mol. The lowest BCUT2D eigenvalue weighted by Gasteiger charge is -2.14. The second-order valence-corrected chi connectivity index (χ2v) is 5.33. The normalized spacial score (nSPS) is 10.9. The van der Waals surface area contributed by atoms with Gasteiger partial charge in [-0.15, -0.1) is 11.8 Å². The van der Waals surface area contributed by atoms with Gasteiger partial charge in [0.05, 0.1) is 19.1 Å². The molecule has 0 aliphatic rings. The fourth-order valence-electron chi connectivity index (χ4n) is 1.76. The molecule has 1 N–H and O–H groups in total. The number of methoxy groups -OCH3 is 2. The van der Waals surface area contributed by atoms with Crippen molar-refractivity contribution in [2.75, 3.05) is 33.6 Å². The highest BCUT2D eigenvalue weighted by molar-refractivity contribution is 7.99. The van der Waals surface area contributed by atoms with Crippen LogP contribution in [0.25, 0.3) is 0 Å². The lowest BCUT2D eigenvalue weighted by atomic mass is 10.1. The predicted octanol–water partition coefficient (Wildman–Crippen LogP) is 3.21. The zero-order valence-electron chi connectivity index (χ0n) is 12.0.